The summed E-state index contributed by atoms with van der Waals surface area (Å²) in [4.78, 5) is 11.4. The molecule has 0 unspecified atom stereocenters. The van der Waals surface area contributed by atoms with E-state index in [1.807, 2.05) is 26.0 Å². The number of nitrogens with zero attached hydrogens (tertiary/aromatic N) is 1. The van der Waals surface area contributed by atoms with Gasteiger partial charge in [0.25, 0.3) is 0 Å². The Morgan fingerprint density at radius 1 is 1.25 bits per heavy atom. The zero-order valence-corrected chi connectivity index (χ0v) is 17.3. The molecular formula is C19H30N4O4S. The molecule has 1 aromatic carbocycles. The number of ether oxygens (including phenoxy) is 1. The summed E-state index contributed by atoms with van der Waals surface area (Å²) in [6.45, 7) is 4.97. The monoisotopic (exact) mass is 410 g/mol. The van der Waals surface area contributed by atoms with Crippen LogP contribution in [-0.2, 0) is 26.0 Å². The molecule has 1 amide bonds. The fourth-order valence-corrected chi connectivity index (χ4v) is 4.54. The van der Waals surface area contributed by atoms with E-state index in [-0.39, 0.29) is 32.7 Å². The second-order valence-corrected chi connectivity index (χ2v) is 9.05. The predicted molar refractivity (Wildman–Crippen MR) is 110 cm³/mol. The summed E-state index contributed by atoms with van der Waals surface area (Å²) in [7, 11) is -3.61. The van der Waals surface area contributed by atoms with E-state index >= 15 is 0 Å². The molecule has 1 heterocycles. The van der Waals surface area contributed by atoms with E-state index < -0.39 is 21.5 Å². The van der Waals surface area contributed by atoms with Gasteiger partial charge in [-0.15, -0.1) is 0 Å². The van der Waals surface area contributed by atoms with Gasteiger partial charge in [0.2, 0.25) is 15.9 Å². The summed E-state index contributed by atoms with van der Waals surface area (Å²) in [5.74, 6) is -0.594. The molecule has 9 heteroatoms. The van der Waals surface area contributed by atoms with Crippen LogP contribution in [0.2, 0.25) is 0 Å². The van der Waals surface area contributed by atoms with Gasteiger partial charge in [-0.2, -0.15) is 4.31 Å². The number of benzene rings is 1. The Labute approximate surface area is 166 Å². The number of hydrogen-bond donors (Lipinski definition) is 3. The standard InChI is InChI=1S/C19H30N4O4S/c1-14-11-16(3-9-27-13-20)12-15(2)17(14)4-10-28(25,26)23-7-5-19(22,6-8-23)18(21)24/h4,10-12H,3,5-9,13,20,22H2,1-2H3,(H2,21,24)/b10-4+. The smallest absolute Gasteiger partial charge is 0.237 e. The van der Waals surface area contributed by atoms with Crippen LogP contribution >= 0.6 is 0 Å². The number of amides is 1. The summed E-state index contributed by atoms with van der Waals surface area (Å²) < 4.78 is 31.8. The zero-order chi connectivity index (χ0) is 20.9. The third-order valence-electron chi connectivity index (χ3n) is 5.18. The Kier molecular flexibility index (Phi) is 7.35. The largest absolute Gasteiger partial charge is 0.368 e. The molecule has 1 fully saturated rings. The van der Waals surface area contributed by atoms with E-state index in [2.05, 4.69) is 0 Å². The normalized spacial score (nSPS) is 17.9. The molecule has 0 radical (unpaired) electrons. The lowest BCUT2D eigenvalue weighted by Crippen LogP contribution is -2.58. The van der Waals surface area contributed by atoms with Gasteiger partial charge < -0.3 is 21.9 Å². The number of nitrogens with two attached hydrogens (primary N) is 3. The van der Waals surface area contributed by atoms with Crippen LogP contribution in [0.1, 0.15) is 35.1 Å². The number of carbonyl (C=O) groups is 1. The van der Waals surface area contributed by atoms with Crippen molar-refractivity contribution >= 4 is 22.0 Å². The molecular weight excluding hydrogens is 380 g/mol. The fourth-order valence-electron chi connectivity index (χ4n) is 3.37. The second-order valence-electron chi connectivity index (χ2n) is 7.24. The molecule has 156 valence electrons. The molecule has 1 aliphatic heterocycles. The third kappa shape index (κ3) is 5.39. The Hall–Kier alpha value is -1.78. The lowest BCUT2D eigenvalue weighted by Gasteiger charge is -2.35. The maximum Gasteiger partial charge on any atom is 0.237 e. The minimum absolute atomic E-state index is 0.171. The first-order valence-electron chi connectivity index (χ1n) is 9.24. The van der Waals surface area contributed by atoms with Crippen LogP contribution in [0.25, 0.3) is 6.08 Å². The highest BCUT2D eigenvalue weighted by molar-refractivity contribution is 7.92. The van der Waals surface area contributed by atoms with Crippen LogP contribution in [-0.4, -0.2) is 50.6 Å². The predicted octanol–water partition coefficient (Wildman–Crippen LogP) is 0.358. The maximum absolute atomic E-state index is 12.7. The molecule has 1 aliphatic rings. The summed E-state index contributed by atoms with van der Waals surface area (Å²) >= 11 is 0. The first-order valence-corrected chi connectivity index (χ1v) is 10.7. The number of piperidine rings is 1. The SMILES string of the molecule is Cc1cc(CCOCN)cc(C)c1/C=C/S(=O)(=O)N1CCC(N)(C(N)=O)CC1. The molecule has 1 aromatic rings. The van der Waals surface area contributed by atoms with E-state index in [9.17, 15) is 13.2 Å². The highest BCUT2D eigenvalue weighted by atomic mass is 32.2. The average Bonchev–Trinajstić information content (AvgIpc) is 2.61. The molecule has 1 saturated heterocycles. The minimum Gasteiger partial charge on any atom is -0.368 e. The number of carbonyl (C=O) groups excluding carboxylic acids is 1. The van der Waals surface area contributed by atoms with Gasteiger partial charge >= 0.3 is 0 Å². The van der Waals surface area contributed by atoms with E-state index in [4.69, 9.17) is 21.9 Å². The molecule has 0 spiro atoms. The van der Waals surface area contributed by atoms with Crippen molar-refractivity contribution in [1.82, 2.24) is 4.31 Å². The molecule has 8 nitrogen and oxygen atoms in total. The summed E-state index contributed by atoms with van der Waals surface area (Å²) in [5, 5.41) is 1.22. The average molecular weight is 411 g/mol. The Bertz CT molecular complexity index is 820. The van der Waals surface area contributed by atoms with Gasteiger partial charge in [0.15, 0.2) is 0 Å². The summed E-state index contributed by atoms with van der Waals surface area (Å²) in [6.07, 6.45) is 2.80. The van der Waals surface area contributed by atoms with Crippen molar-refractivity contribution in [3.8, 4) is 0 Å². The molecule has 6 N–H and O–H groups in total. The maximum atomic E-state index is 12.7. The van der Waals surface area contributed by atoms with Crippen molar-refractivity contribution in [1.29, 1.82) is 0 Å². The van der Waals surface area contributed by atoms with E-state index in [0.717, 1.165) is 28.7 Å². The van der Waals surface area contributed by atoms with Gasteiger partial charge in [0, 0.05) is 18.5 Å². The van der Waals surface area contributed by atoms with Crippen molar-refractivity contribution in [3.05, 3.63) is 39.8 Å². The van der Waals surface area contributed by atoms with Gasteiger partial charge in [-0.05, 0) is 61.4 Å². The second kappa shape index (κ2) is 9.15. The molecule has 2 rings (SSSR count). The van der Waals surface area contributed by atoms with Crippen LogP contribution in [0, 0.1) is 13.8 Å². The first-order chi connectivity index (χ1) is 13.1. The molecule has 0 aromatic heterocycles. The van der Waals surface area contributed by atoms with Crippen LogP contribution in [0.5, 0.6) is 0 Å². The summed E-state index contributed by atoms with van der Waals surface area (Å²) in [5.41, 5.74) is 19.4. The lowest BCUT2D eigenvalue weighted by molar-refractivity contribution is -0.124. The number of primary amides is 1. The molecule has 28 heavy (non-hydrogen) atoms. The summed E-state index contributed by atoms with van der Waals surface area (Å²) in [6, 6.07) is 4.05. The Balaban J connectivity index is 2.11. The van der Waals surface area contributed by atoms with Gasteiger partial charge in [0.1, 0.15) is 0 Å². The highest BCUT2D eigenvalue weighted by Gasteiger charge is 2.38. The van der Waals surface area contributed by atoms with Gasteiger partial charge in [-0.3, -0.25) is 4.79 Å². The van der Waals surface area contributed by atoms with Crippen LogP contribution in [0.15, 0.2) is 17.5 Å². The molecule has 0 bridgehead atoms. The number of rotatable bonds is 8. The fraction of sp³-hybridized carbons (Fsp3) is 0.526. The van der Waals surface area contributed by atoms with Gasteiger partial charge in [0.05, 0.1) is 18.9 Å². The minimum atomic E-state index is -3.61. The number of sulfonamides is 1. The number of aryl methyl sites for hydroxylation is 2. The first kappa shape index (κ1) is 22.5. The van der Waals surface area contributed by atoms with Crippen molar-refractivity contribution in [2.45, 2.75) is 38.6 Å². The molecule has 0 saturated carbocycles. The topological polar surface area (TPSA) is 142 Å². The van der Waals surface area contributed by atoms with E-state index in [1.165, 1.54) is 9.71 Å². The van der Waals surface area contributed by atoms with Crippen LogP contribution in [0.4, 0.5) is 0 Å². The Morgan fingerprint density at radius 3 is 2.32 bits per heavy atom. The van der Waals surface area contributed by atoms with Crippen molar-refractivity contribution in [3.63, 3.8) is 0 Å². The lowest BCUT2D eigenvalue weighted by atomic mass is 9.89. The zero-order valence-electron chi connectivity index (χ0n) is 16.5. The van der Waals surface area contributed by atoms with Crippen molar-refractivity contribution in [2.24, 2.45) is 17.2 Å². The van der Waals surface area contributed by atoms with E-state index in [0.29, 0.717) is 6.61 Å². The van der Waals surface area contributed by atoms with Gasteiger partial charge in [-0.25, -0.2) is 8.42 Å². The van der Waals surface area contributed by atoms with Crippen molar-refractivity contribution in [2.75, 3.05) is 26.4 Å². The quantitative estimate of drug-likeness (QED) is 0.417. The molecule has 0 atom stereocenters. The van der Waals surface area contributed by atoms with Crippen LogP contribution < -0.4 is 17.2 Å². The Morgan fingerprint density at radius 2 is 1.82 bits per heavy atom. The molecule has 0 aliphatic carbocycles. The third-order valence-corrected chi connectivity index (χ3v) is 6.74. The number of hydrogen-bond acceptors (Lipinski definition) is 6. The van der Waals surface area contributed by atoms with Crippen molar-refractivity contribution < 1.29 is 17.9 Å². The van der Waals surface area contributed by atoms with Gasteiger partial charge in [-0.1, -0.05) is 12.1 Å². The van der Waals surface area contributed by atoms with Crippen LogP contribution in [0.3, 0.4) is 0 Å². The highest BCUT2D eigenvalue weighted by Crippen LogP contribution is 2.24. The van der Waals surface area contributed by atoms with E-state index in [1.54, 1.807) is 6.08 Å².